The first-order valence-corrected chi connectivity index (χ1v) is 5.97. The van der Waals surface area contributed by atoms with Crippen LogP contribution in [0, 0.1) is 0 Å². The number of alkyl halides is 1. The van der Waals surface area contributed by atoms with Crippen molar-refractivity contribution in [1.29, 1.82) is 0 Å². The monoisotopic (exact) mass is 258 g/mol. The zero-order valence-electron chi connectivity index (χ0n) is 7.34. The zero-order valence-corrected chi connectivity index (χ0v) is 9.68. The Morgan fingerprint density at radius 1 is 1.23 bits per heavy atom. The lowest BCUT2D eigenvalue weighted by Crippen LogP contribution is -2.04. The fraction of sp³-hybridized carbons (Fsp3) is 0.455. The van der Waals surface area contributed by atoms with Crippen LogP contribution in [0.15, 0.2) is 24.3 Å². The molecular formula is C11H12BrCl. The Morgan fingerprint density at radius 3 is 2.62 bits per heavy atom. The van der Waals surface area contributed by atoms with E-state index in [0.717, 1.165) is 5.02 Å². The summed E-state index contributed by atoms with van der Waals surface area (Å²) >= 11 is 9.87. The van der Waals surface area contributed by atoms with Crippen LogP contribution in [0.2, 0.25) is 5.02 Å². The zero-order chi connectivity index (χ0) is 9.26. The van der Waals surface area contributed by atoms with Crippen LogP contribution in [0.3, 0.4) is 0 Å². The summed E-state index contributed by atoms with van der Waals surface area (Å²) in [5.41, 5.74) is 1.31. The molecule has 1 aliphatic carbocycles. The molecule has 1 aromatic carbocycles. The van der Waals surface area contributed by atoms with Crippen LogP contribution in [0.25, 0.3) is 0 Å². The van der Waals surface area contributed by atoms with E-state index in [0.29, 0.717) is 10.7 Å². The summed E-state index contributed by atoms with van der Waals surface area (Å²) in [6, 6.07) is 8.19. The van der Waals surface area contributed by atoms with Crippen LogP contribution in [0.5, 0.6) is 0 Å². The SMILES string of the molecule is Clc1ccccc1C1CCCC1Br. The highest BCUT2D eigenvalue weighted by atomic mass is 79.9. The Kier molecular flexibility index (Phi) is 2.95. The Hall–Kier alpha value is -0.0100. The molecule has 0 radical (unpaired) electrons. The summed E-state index contributed by atoms with van der Waals surface area (Å²) in [5, 5.41) is 0.916. The molecule has 2 unspecified atom stereocenters. The molecule has 1 aromatic rings. The molecular weight excluding hydrogens is 247 g/mol. The topological polar surface area (TPSA) is 0 Å². The van der Waals surface area contributed by atoms with Crippen LogP contribution < -0.4 is 0 Å². The van der Waals surface area contributed by atoms with E-state index < -0.39 is 0 Å². The van der Waals surface area contributed by atoms with Crippen molar-refractivity contribution < 1.29 is 0 Å². The van der Waals surface area contributed by atoms with Gasteiger partial charge in [-0.05, 0) is 30.4 Å². The molecule has 0 nitrogen and oxygen atoms in total. The molecule has 13 heavy (non-hydrogen) atoms. The molecule has 0 N–H and O–H groups in total. The minimum atomic E-state index is 0.618. The molecule has 2 atom stereocenters. The third-order valence-corrected chi connectivity index (χ3v) is 4.18. The third-order valence-electron chi connectivity index (χ3n) is 2.74. The first-order valence-electron chi connectivity index (χ1n) is 4.67. The van der Waals surface area contributed by atoms with Gasteiger partial charge >= 0.3 is 0 Å². The quantitative estimate of drug-likeness (QED) is 0.657. The standard InChI is InChI=1S/C11H12BrCl/c12-10-6-3-5-8(10)9-4-1-2-7-11(9)13/h1-2,4,7-8,10H,3,5-6H2. The Balaban J connectivity index is 2.29. The molecule has 0 heterocycles. The van der Waals surface area contributed by atoms with E-state index in [4.69, 9.17) is 11.6 Å². The molecule has 70 valence electrons. The van der Waals surface area contributed by atoms with Crippen LogP contribution in [0.4, 0.5) is 0 Å². The maximum absolute atomic E-state index is 6.15. The molecule has 0 aromatic heterocycles. The van der Waals surface area contributed by atoms with Gasteiger partial charge in [-0.15, -0.1) is 0 Å². The van der Waals surface area contributed by atoms with Gasteiger partial charge in [-0.1, -0.05) is 52.2 Å². The molecule has 1 aliphatic rings. The van der Waals surface area contributed by atoms with Crippen LogP contribution in [-0.2, 0) is 0 Å². The van der Waals surface area contributed by atoms with Crippen molar-refractivity contribution in [3.05, 3.63) is 34.9 Å². The van der Waals surface area contributed by atoms with Crippen molar-refractivity contribution in [3.63, 3.8) is 0 Å². The number of hydrogen-bond acceptors (Lipinski definition) is 0. The predicted octanol–water partition coefficient (Wildman–Crippen LogP) is 4.37. The van der Waals surface area contributed by atoms with Crippen molar-refractivity contribution in [1.82, 2.24) is 0 Å². The van der Waals surface area contributed by atoms with E-state index in [9.17, 15) is 0 Å². The van der Waals surface area contributed by atoms with Crippen LogP contribution >= 0.6 is 27.5 Å². The van der Waals surface area contributed by atoms with Crippen molar-refractivity contribution in [2.75, 3.05) is 0 Å². The molecule has 0 amide bonds. The second-order valence-electron chi connectivity index (χ2n) is 3.57. The largest absolute Gasteiger partial charge is 0.0884 e. The summed E-state index contributed by atoms with van der Waals surface area (Å²) in [4.78, 5) is 0.618. The van der Waals surface area contributed by atoms with E-state index >= 15 is 0 Å². The highest BCUT2D eigenvalue weighted by Gasteiger charge is 2.27. The molecule has 0 bridgehead atoms. The molecule has 1 saturated carbocycles. The van der Waals surface area contributed by atoms with Gasteiger partial charge in [0, 0.05) is 9.85 Å². The van der Waals surface area contributed by atoms with Gasteiger partial charge in [-0.2, -0.15) is 0 Å². The summed E-state index contributed by atoms with van der Waals surface area (Å²) in [6.45, 7) is 0. The fourth-order valence-electron chi connectivity index (χ4n) is 2.04. The average molecular weight is 260 g/mol. The summed E-state index contributed by atoms with van der Waals surface area (Å²) in [6.07, 6.45) is 3.85. The fourth-order valence-corrected chi connectivity index (χ4v) is 3.19. The van der Waals surface area contributed by atoms with E-state index in [2.05, 4.69) is 28.1 Å². The lowest BCUT2D eigenvalue weighted by Gasteiger charge is -2.15. The molecule has 2 rings (SSSR count). The van der Waals surface area contributed by atoms with Crippen molar-refractivity contribution in [2.45, 2.75) is 30.0 Å². The maximum Gasteiger partial charge on any atom is 0.0441 e. The van der Waals surface area contributed by atoms with E-state index in [1.165, 1.54) is 24.8 Å². The minimum Gasteiger partial charge on any atom is -0.0884 e. The lowest BCUT2D eigenvalue weighted by molar-refractivity contribution is 0.743. The summed E-state index contributed by atoms with van der Waals surface area (Å²) < 4.78 is 0. The number of hydrogen-bond donors (Lipinski definition) is 0. The van der Waals surface area contributed by atoms with E-state index in [1.54, 1.807) is 0 Å². The Morgan fingerprint density at radius 2 is 2.00 bits per heavy atom. The van der Waals surface area contributed by atoms with Gasteiger partial charge in [-0.3, -0.25) is 0 Å². The first kappa shape index (κ1) is 9.54. The average Bonchev–Trinajstić information content (AvgIpc) is 2.52. The molecule has 1 fully saturated rings. The van der Waals surface area contributed by atoms with Crippen molar-refractivity contribution >= 4 is 27.5 Å². The normalized spacial score (nSPS) is 27.8. The van der Waals surface area contributed by atoms with E-state index in [-0.39, 0.29) is 0 Å². The first-order chi connectivity index (χ1) is 6.29. The van der Waals surface area contributed by atoms with Crippen molar-refractivity contribution in [3.8, 4) is 0 Å². The van der Waals surface area contributed by atoms with E-state index in [1.807, 2.05) is 12.1 Å². The highest BCUT2D eigenvalue weighted by molar-refractivity contribution is 9.09. The second-order valence-corrected chi connectivity index (χ2v) is 5.16. The Bertz CT molecular complexity index is 298. The number of benzene rings is 1. The number of halogens is 2. The second kappa shape index (κ2) is 4.02. The maximum atomic E-state index is 6.15. The minimum absolute atomic E-state index is 0.618. The third kappa shape index (κ3) is 1.92. The van der Waals surface area contributed by atoms with Gasteiger partial charge in [0.2, 0.25) is 0 Å². The molecule has 0 saturated heterocycles. The van der Waals surface area contributed by atoms with Gasteiger partial charge < -0.3 is 0 Å². The van der Waals surface area contributed by atoms with Gasteiger partial charge in [0.05, 0.1) is 0 Å². The summed E-state index contributed by atoms with van der Waals surface area (Å²) in [7, 11) is 0. The van der Waals surface area contributed by atoms with Crippen LogP contribution in [-0.4, -0.2) is 4.83 Å². The van der Waals surface area contributed by atoms with Crippen LogP contribution in [0.1, 0.15) is 30.7 Å². The van der Waals surface area contributed by atoms with Gasteiger partial charge in [-0.25, -0.2) is 0 Å². The molecule has 0 spiro atoms. The Labute approximate surface area is 92.4 Å². The lowest BCUT2D eigenvalue weighted by atomic mass is 9.98. The number of rotatable bonds is 1. The van der Waals surface area contributed by atoms with Gasteiger partial charge in [0.25, 0.3) is 0 Å². The molecule has 0 aliphatic heterocycles. The molecule has 2 heteroatoms. The van der Waals surface area contributed by atoms with Gasteiger partial charge in [0.15, 0.2) is 0 Å². The summed E-state index contributed by atoms with van der Waals surface area (Å²) in [5.74, 6) is 0.619. The smallest absolute Gasteiger partial charge is 0.0441 e. The predicted molar refractivity (Wildman–Crippen MR) is 60.8 cm³/mol. The highest BCUT2D eigenvalue weighted by Crippen LogP contribution is 2.41. The van der Waals surface area contributed by atoms with Gasteiger partial charge in [0.1, 0.15) is 0 Å². The van der Waals surface area contributed by atoms with Crippen molar-refractivity contribution in [2.24, 2.45) is 0 Å².